The molecular weight excluding hydrogens is 246 g/mol. The third-order valence-electron chi connectivity index (χ3n) is 4.17. The van der Waals surface area contributed by atoms with Crippen molar-refractivity contribution >= 4 is 23.2 Å². The molecule has 2 fully saturated rings. The minimum Gasteiger partial charge on any atom is -0.391 e. The van der Waals surface area contributed by atoms with Gasteiger partial charge in [0.15, 0.2) is 0 Å². The van der Waals surface area contributed by atoms with Gasteiger partial charge in [-0.3, -0.25) is 0 Å². The maximum absolute atomic E-state index is 12.3. The highest BCUT2D eigenvalue weighted by Crippen LogP contribution is 2.30. The number of rotatable bonds is 2. The van der Waals surface area contributed by atoms with Crippen molar-refractivity contribution in [1.82, 2.24) is 10.2 Å². The van der Waals surface area contributed by atoms with E-state index in [2.05, 4.69) is 5.32 Å². The van der Waals surface area contributed by atoms with Gasteiger partial charge in [0.05, 0.1) is 10.5 Å². The van der Waals surface area contributed by atoms with Crippen LogP contribution in [0, 0.1) is 0 Å². The normalized spacial score (nSPS) is 23.4. The second-order valence-electron chi connectivity index (χ2n) is 5.48. The molecular formula is C13H23N3OS. The van der Waals surface area contributed by atoms with E-state index in [9.17, 15) is 4.79 Å². The molecule has 1 saturated heterocycles. The molecule has 2 amide bonds. The molecule has 5 heteroatoms. The van der Waals surface area contributed by atoms with E-state index in [4.69, 9.17) is 18.0 Å². The van der Waals surface area contributed by atoms with Gasteiger partial charge in [-0.1, -0.05) is 37.9 Å². The van der Waals surface area contributed by atoms with Crippen LogP contribution in [0.25, 0.3) is 0 Å². The molecule has 4 nitrogen and oxygen atoms in total. The van der Waals surface area contributed by atoms with Gasteiger partial charge in [0.25, 0.3) is 0 Å². The predicted molar refractivity (Wildman–Crippen MR) is 76.6 cm³/mol. The summed E-state index contributed by atoms with van der Waals surface area (Å²) >= 11 is 5.16. The van der Waals surface area contributed by atoms with Crippen molar-refractivity contribution in [3.63, 3.8) is 0 Å². The fraction of sp³-hybridized carbons (Fsp3) is 0.846. The fourth-order valence-electron chi connectivity index (χ4n) is 2.97. The maximum atomic E-state index is 12.3. The number of amides is 2. The second kappa shape index (κ2) is 5.87. The van der Waals surface area contributed by atoms with Crippen LogP contribution >= 0.6 is 12.2 Å². The van der Waals surface area contributed by atoms with Crippen molar-refractivity contribution in [3.8, 4) is 0 Å². The van der Waals surface area contributed by atoms with Crippen LogP contribution in [0.5, 0.6) is 0 Å². The van der Waals surface area contributed by atoms with E-state index >= 15 is 0 Å². The lowest BCUT2D eigenvalue weighted by atomic mass is 9.98. The molecule has 3 N–H and O–H groups in total. The minimum absolute atomic E-state index is 0.0200. The van der Waals surface area contributed by atoms with Crippen molar-refractivity contribution in [3.05, 3.63) is 0 Å². The van der Waals surface area contributed by atoms with Crippen molar-refractivity contribution in [2.45, 2.75) is 56.9 Å². The highest BCUT2D eigenvalue weighted by Gasteiger charge is 2.39. The number of hydrogen-bond donors (Lipinski definition) is 2. The Morgan fingerprint density at radius 3 is 2.11 bits per heavy atom. The van der Waals surface area contributed by atoms with Crippen LogP contribution < -0.4 is 11.1 Å². The van der Waals surface area contributed by atoms with Crippen LogP contribution in [0.3, 0.4) is 0 Å². The molecule has 1 saturated carbocycles. The van der Waals surface area contributed by atoms with Gasteiger partial charge >= 0.3 is 6.03 Å². The predicted octanol–water partition coefficient (Wildman–Crippen LogP) is 2.17. The number of urea groups is 1. The summed E-state index contributed by atoms with van der Waals surface area (Å²) < 4.78 is 0. The van der Waals surface area contributed by atoms with Gasteiger partial charge in [-0.15, -0.1) is 0 Å². The van der Waals surface area contributed by atoms with Gasteiger partial charge < -0.3 is 16.0 Å². The first-order chi connectivity index (χ1) is 8.64. The molecule has 0 aromatic carbocycles. The Balaban J connectivity index is 1.98. The van der Waals surface area contributed by atoms with Crippen LogP contribution in [0.1, 0.15) is 51.4 Å². The Labute approximate surface area is 114 Å². The molecule has 102 valence electrons. The first-order valence-corrected chi connectivity index (χ1v) is 7.42. The molecule has 0 bridgehead atoms. The van der Waals surface area contributed by atoms with Crippen LogP contribution in [0.15, 0.2) is 0 Å². The van der Waals surface area contributed by atoms with Gasteiger partial charge in [-0.25, -0.2) is 4.79 Å². The SMILES string of the molecule is NC(=S)C1(NC(=O)N2CCCCCC2)CCCC1. The lowest BCUT2D eigenvalue weighted by Crippen LogP contribution is -2.58. The second-order valence-corrected chi connectivity index (χ2v) is 5.92. The summed E-state index contributed by atoms with van der Waals surface area (Å²) in [6.45, 7) is 1.72. The number of nitrogens with one attached hydrogen (secondary N) is 1. The number of nitrogens with two attached hydrogens (primary N) is 1. The van der Waals surface area contributed by atoms with Gasteiger partial charge in [-0.2, -0.15) is 0 Å². The van der Waals surface area contributed by atoms with E-state index in [0.717, 1.165) is 51.6 Å². The van der Waals surface area contributed by atoms with E-state index < -0.39 is 5.54 Å². The Kier molecular flexibility index (Phi) is 4.43. The molecule has 2 aliphatic rings. The van der Waals surface area contributed by atoms with Gasteiger partial charge in [0.1, 0.15) is 0 Å². The lowest BCUT2D eigenvalue weighted by molar-refractivity contribution is 0.192. The van der Waals surface area contributed by atoms with E-state index in [1.165, 1.54) is 12.8 Å². The monoisotopic (exact) mass is 269 g/mol. The molecule has 2 rings (SSSR count). The van der Waals surface area contributed by atoms with Crippen LogP contribution in [0.2, 0.25) is 0 Å². The Bertz CT molecular complexity index is 318. The summed E-state index contributed by atoms with van der Waals surface area (Å²) in [6, 6.07) is 0.0200. The van der Waals surface area contributed by atoms with Gasteiger partial charge in [0, 0.05) is 13.1 Å². The average Bonchev–Trinajstić information content (AvgIpc) is 2.65. The molecule has 0 aromatic rings. The Morgan fingerprint density at radius 2 is 1.61 bits per heavy atom. The lowest BCUT2D eigenvalue weighted by Gasteiger charge is -2.32. The van der Waals surface area contributed by atoms with Crippen molar-refractivity contribution in [2.75, 3.05) is 13.1 Å². The number of likely N-dealkylation sites (tertiary alicyclic amines) is 1. The molecule has 0 aromatic heterocycles. The Morgan fingerprint density at radius 1 is 1.06 bits per heavy atom. The summed E-state index contributed by atoms with van der Waals surface area (Å²) in [5.74, 6) is 0. The maximum Gasteiger partial charge on any atom is 0.318 e. The number of thiocarbonyl (C=S) groups is 1. The van der Waals surface area contributed by atoms with Crippen molar-refractivity contribution < 1.29 is 4.79 Å². The number of carbonyl (C=O) groups excluding carboxylic acids is 1. The van der Waals surface area contributed by atoms with Crippen LogP contribution in [-0.2, 0) is 0 Å². The van der Waals surface area contributed by atoms with Crippen LogP contribution in [0.4, 0.5) is 4.79 Å². The third kappa shape index (κ3) is 2.94. The first kappa shape index (κ1) is 13.6. The highest BCUT2D eigenvalue weighted by atomic mass is 32.1. The molecule has 18 heavy (non-hydrogen) atoms. The third-order valence-corrected chi connectivity index (χ3v) is 4.56. The van der Waals surface area contributed by atoms with E-state index in [0.29, 0.717) is 4.99 Å². The summed E-state index contributed by atoms with van der Waals surface area (Å²) in [5, 5.41) is 3.11. The van der Waals surface area contributed by atoms with Gasteiger partial charge in [0.2, 0.25) is 0 Å². The zero-order chi connectivity index (χ0) is 13.0. The fourth-order valence-corrected chi connectivity index (χ4v) is 3.22. The van der Waals surface area contributed by atoms with Crippen molar-refractivity contribution in [1.29, 1.82) is 0 Å². The standard InChI is InChI=1S/C13H23N3OS/c14-11(18)13(7-3-4-8-13)15-12(17)16-9-5-1-2-6-10-16/h1-10H2,(H2,14,18)(H,15,17). The molecule has 1 heterocycles. The van der Waals surface area contributed by atoms with Gasteiger partial charge in [-0.05, 0) is 25.7 Å². The zero-order valence-corrected chi connectivity index (χ0v) is 11.7. The minimum atomic E-state index is -0.418. The molecule has 0 spiro atoms. The highest BCUT2D eigenvalue weighted by molar-refractivity contribution is 7.80. The van der Waals surface area contributed by atoms with Crippen molar-refractivity contribution in [2.24, 2.45) is 5.73 Å². The molecule has 1 aliphatic heterocycles. The van der Waals surface area contributed by atoms with E-state index in [1.807, 2.05) is 4.90 Å². The largest absolute Gasteiger partial charge is 0.391 e. The summed E-state index contributed by atoms with van der Waals surface area (Å²) in [6.07, 6.45) is 8.63. The molecule has 0 atom stereocenters. The summed E-state index contributed by atoms with van der Waals surface area (Å²) in [4.78, 5) is 14.7. The number of nitrogens with zero attached hydrogens (tertiary/aromatic N) is 1. The summed E-state index contributed by atoms with van der Waals surface area (Å²) in [7, 11) is 0. The average molecular weight is 269 g/mol. The Hall–Kier alpha value is -0.840. The first-order valence-electron chi connectivity index (χ1n) is 7.01. The molecule has 0 radical (unpaired) electrons. The zero-order valence-electron chi connectivity index (χ0n) is 10.9. The van der Waals surface area contributed by atoms with E-state index in [1.54, 1.807) is 0 Å². The smallest absolute Gasteiger partial charge is 0.318 e. The summed E-state index contributed by atoms with van der Waals surface area (Å²) in [5.41, 5.74) is 5.42. The quantitative estimate of drug-likeness (QED) is 0.755. The molecule has 0 unspecified atom stereocenters. The topological polar surface area (TPSA) is 58.4 Å². The number of carbonyl (C=O) groups is 1. The number of hydrogen-bond acceptors (Lipinski definition) is 2. The van der Waals surface area contributed by atoms with E-state index in [-0.39, 0.29) is 6.03 Å². The molecule has 1 aliphatic carbocycles. The van der Waals surface area contributed by atoms with Crippen LogP contribution in [-0.4, -0.2) is 34.5 Å².